The predicted octanol–water partition coefficient (Wildman–Crippen LogP) is 2.87. The number of hydrogen-bond acceptors (Lipinski definition) is 2. The van der Waals surface area contributed by atoms with E-state index in [1.54, 1.807) is 0 Å². The van der Waals surface area contributed by atoms with Gasteiger partial charge in [0.2, 0.25) is 0 Å². The summed E-state index contributed by atoms with van der Waals surface area (Å²) >= 11 is -1.68. The van der Waals surface area contributed by atoms with E-state index >= 15 is 0 Å². The molecule has 2 aromatic carbocycles. The molecule has 0 bridgehead atoms. The van der Waals surface area contributed by atoms with Crippen LogP contribution in [0.5, 0.6) is 0 Å². The molecular weight excluding hydrogens is 319 g/mol. The maximum Gasteiger partial charge on any atom is -0.0184 e. The van der Waals surface area contributed by atoms with E-state index in [1.807, 2.05) is 37.3 Å². The first kappa shape index (κ1) is 14.1. The van der Waals surface area contributed by atoms with Crippen molar-refractivity contribution in [1.82, 2.24) is 0 Å². The van der Waals surface area contributed by atoms with Gasteiger partial charge >= 0.3 is 41.2 Å². The molecule has 17 heavy (non-hydrogen) atoms. The van der Waals surface area contributed by atoms with Crippen LogP contribution in [0.15, 0.2) is 54.6 Å². The molecule has 0 saturated carbocycles. The quantitative estimate of drug-likeness (QED) is 0.807. The fraction of sp³-hybridized carbons (Fsp3) is 0.143. The minimum atomic E-state index is -1.68. The van der Waals surface area contributed by atoms with Crippen LogP contribution in [0.4, 0.5) is 0 Å². The van der Waals surface area contributed by atoms with Crippen molar-refractivity contribution in [3.05, 3.63) is 60.7 Å². The Balaban J connectivity index is 0.000000249. The van der Waals surface area contributed by atoms with Crippen molar-refractivity contribution in [2.45, 2.75) is 6.92 Å². The Morgan fingerprint density at radius 2 is 1.65 bits per heavy atom. The average Bonchev–Trinajstić information content (AvgIpc) is 2.42. The molecule has 0 unspecified atom stereocenters. The number of hydrogen-bond donors (Lipinski definition) is 0. The SMILES string of the molecule is CC[O][SnH]=[O].[c]1ccc(-c2ccccc2)cc1. The molecule has 0 aliphatic carbocycles. The van der Waals surface area contributed by atoms with Gasteiger partial charge in [-0.3, -0.25) is 0 Å². The third-order valence-corrected chi connectivity index (χ3v) is 3.40. The van der Waals surface area contributed by atoms with Crippen LogP contribution in [-0.2, 0) is 6.15 Å². The standard InChI is InChI=1S/C12H9.C2H5O.O.Sn.H/c1-3-7-11(8-4-1)12-9-5-2-6-10-12;1-2-3;;;/h1,3-10H;2H2,1H3;;;/q;-1;;+1;. The number of rotatable bonds is 3. The minimum absolute atomic E-state index is 0.616. The molecule has 3 heteroatoms. The molecule has 0 aliphatic rings. The largest absolute Gasteiger partial charge is 0.0622 e. The normalized spacial score (nSPS) is 9.00. The van der Waals surface area contributed by atoms with Crippen LogP contribution in [0.2, 0.25) is 0 Å². The Hall–Kier alpha value is -1.00. The summed E-state index contributed by atoms with van der Waals surface area (Å²) in [7, 11) is 0. The van der Waals surface area contributed by atoms with Gasteiger partial charge in [0, 0.05) is 0 Å². The maximum absolute atomic E-state index is 9.50. The zero-order valence-electron chi connectivity index (χ0n) is 9.80. The molecule has 2 rings (SSSR count). The zero-order chi connectivity index (χ0) is 12.3. The van der Waals surface area contributed by atoms with E-state index in [0.29, 0.717) is 6.61 Å². The average molecular weight is 334 g/mol. The predicted molar refractivity (Wildman–Crippen MR) is 70.2 cm³/mol. The second-order valence-electron chi connectivity index (χ2n) is 3.21. The van der Waals surface area contributed by atoms with Crippen molar-refractivity contribution >= 4 is 21.5 Å². The first-order valence-electron chi connectivity index (χ1n) is 5.45. The molecule has 0 fully saturated rings. The molecule has 0 N–H and O–H groups in total. The Kier molecular flexibility index (Phi) is 7.50. The van der Waals surface area contributed by atoms with Crippen LogP contribution >= 0.6 is 0 Å². The Bertz CT molecular complexity index is 377. The van der Waals surface area contributed by atoms with Crippen molar-refractivity contribution in [1.29, 1.82) is 0 Å². The summed E-state index contributed by atoms with van der Waals surface area (Å²) in [6, 6.07) is 21.3. The summed E-state index contributed by atoms with van der Waals surface area (Å²) in [5, 5.41) is 0. The van der Waals surface area contributed by atoms with Crippen LogP contribution in [0.25, 0.3) is 11.1 Å². The fourth-order valence-electron chi connectivity index (χ4n) is 1.28. The second-order valence-corrected chi connectivity index (χ2v) is 4.71. The van der Waals surface area contributed by atoms with Gasteiger partial charge in [-0.2, -0.15) is 0 Å². The van der Waals surface area contributed by atoms with Gasteiger partial charge in [0.1, 0.15) is 0 Å². The van der Waals surface area contributed by atoms with Crippen LogP contribution in [-0.4, -0.2) is 28.1 Å². The summed E-state index contributed by atoms with van der Waals surface area (Å²) in [6.07, 6.45) is 0. The Morgan fingerprint density at radius 1 is 1.06 bits per heavy atom. The van der Waals surface area contributed by atoms with Gasteiger partial charge in [-0.1, -0.05) is 54.6 Å². The van der Waals surface area contributed by atoms with E-state index in [-0.39, 0.29) is 0 Å². The summed E-state index contributed by atoms with van der Waals surface area (Å²) in [5.74, 6) is 0. The van der Waals surface area contributed by atoms with Gasteiger partial charge in [0.05, 0.1) is 0 Å². The topological polar surface area (TPSA) is 26.3 Å². The second kappa shape index (κ2) is 9.07. The molecule has 87 valence electrons. The van der Waals surface area contributed by atoms with E-state index in [0.717, 1.165) is 0 Å². The monoisotopic (exact) mass is 335 g/mol. The summed E-state index contributed by atoms with van der Waals surface area (Å²) < 4.78 is 14.0. The summed E-state index contributed by atoms with van der Waals surface area (Å²) in [5.41, 5.74) is 2.50. The first-order chi connectivity index (χ1) is 8.38. The molecule has 0 spiro atoms. The van der Waals surface area contributed by atoms with Gasteiger partial charge in [-0.25, -0.2) is 0 Å². The van der Waals surface area contributed by atoms with Gasteiger partial charge in [-0.05, 0) is 17.2 Å². The third kappa shape index (κ3) is 5.75. The van der Waals surface area contributed by atoms with E-state index in [1.165, 1.54) is 11.1 Å². The molecule has 0 aliphatic heterocycles. The van der Waals surface area contributed by atoms with E-state index in [4.69, 9.17) is 0 Å². The molecule has 2 aromatic rings. The van der Waals surface area contributed by atoms with E-state index < -0.39 is 21.5 Å². The number of benzene rings is 2. The van der Waals surface area contributed by atoms with Crippen molar-refractivity contribution in [3.8, 4) is 11.1 Å². The first-order valence-corrected chi connectivity index (χ1v) is 8.14. The van der Waals surface area contributed by atoms with Crippen molar-refractivity contribution < 1.29 is 6.15 Å². The molecule has 0 atom stereocenters. The smallest absolute Gasteiger partial charge is 0.0184 e. The Labute approximate surface area is 113 Å². The molecular formula is C14H15O2Sn. The van der Waals surface area contributed by atoms with E-state index in [2.05, 4.69) is 33.4 Å². The van der Waals surface area contributed by atoms with Crippen LogP contribution in [0.3, 0.4) is 0 Å². The fourth-order valence-corrected chi connectivity index (χ4v) is 1.67. The minimum Gasteiger partial charge on any atom is -0.0622 e. The van der Waals surface area contributed by atoms with Crippen molar-refractivity contribution in [3.63, 3.8) is 0 Å². The van der Waals surface area contributed by atoms with Gasteiger partial charge < -0.3 is 0 Å². The maximum atomic E-state index is 9.50. The van der Waals surface area contributed by atoms with Crippen LogP contribution in [0, 0.1) is 6.07 Å². The van der Waals surface area contributed by atoms with Crippen LogP contribution < -0.4 is 0 Å². The molecule has 1 radical (unpaired) electrons. The van der Waals surface area contributed by atoms with Crippen molar-refractivity contribution in [2.75, 3.05) is 6.61 Å². The Morgan fingerprint density at radius 3 is 2.12 bits per heavy atom. The van der Waals surface area contributed by atoms with Gasteiger partial charge in [-0.15, -0.1) is 0 Å². The summed E-state index contributed by atoms with van der Waals surface area (Å²) in [6.45, 7) is 2.45. The van der Waals surface area contributed by atoms with Crippen molar-refractivity contribution in [2.24, 2.45) is 0 Å². The van der Waals surface area contributed by atoms with E-state index in [9.17, 15) is 3.08 Å². The van der Waals surface area contributed by atoms with Gasteiger partial charge in [0.15, 0.2) is 0 Å². The zero-order valence-corrected chi connectivity index (χ0v) is 13.1. The molecule has 0 heterocycles. The molecule has 0 saturated heterocycles. The molecule has 0 amide bonds. The van der Waals surface area contributed by atoms with Crippen LogP contribution in [0.1, 0.15) is 6.92 Å². The van der Waals surface area contributed by atoms with Gasteiger partial charge in [0.25, 0.3) is 0 Å². The molecule has 0 aromatic heterocycles. The third-order valence-electron chi connectivity index (χ3n) is 2.06. The molecule has 2 nitrogen and oxygen atoms in total. The summed E-state index contributed by atoms with van der Waals surface area (Å²) in [4.78, 5) is 0.